The number of nitrogens with zero attached hydrogens (tertiary/aromatic N) is 3. The quantitative estimate of drug-likeness (QED) is 0.610. The SMILES string of the molecule is O=C(Nc1nn(Cc2ccc(Cl)cc2Cl)cc1Cl)c1[nH]ncc1Br. The molecule has 2 aromatic heterocycles. The molecule has 3 rings (SSSR count). The molecule has 0 spiro atoms. The molecule has 0 aliphatic carbocycles. The van der Waals surface area contributed by atoms with Crippen molar-refractivity contribution < 1.29 is 4.79 Å². The van der Waals surface area contributed by atoms with Crippen molar-refractivity contribution in [3.63, 3.8) is 0 Å². The highest BCUT2D eigenvalue weighted by Gasteiger charge is 2.16. The Balaban J connectivity index is 1.78. The third-order valence-electron chi connectivity index (χ3n) is 3.12. The summed E-state index contributed by atoms with van der Waals surface area (Å²) in [4.78, 5) is 12.2. The van der Waals surface area contributed by atoms with Gasteiger partial charge in [0.15, 0.2) is 5.82 Å². The monoisotopic (exact) mass is 447 g/mol. The fourth-order valence-electron chi connectivity index (χ4n) is 1.99. The number of carbonyl (C=O) groups is 1. The molecule has 10 heteroatoms. The zero-order valence-electron chi connectivity index (χ0n) is 11.9. The number of carbonyl (C=O) groups excluding carboxylic acids is 1. The number of H-pyrrole nitrogens is 1. The molecular weight excluding hydrogens is 440 g/mol. The van der Waals surface area contributed by atoms with Crippen LogP contribution in [0, 0.1) is 0 Å². The molecule has 2 heterocycles. The van der Waals surface area contributed by atoms with E-state index in [-0.39, 0.29) is 11.5 Å². The second-order valence-electron chi connectivity index (χ2n) is 4.81. The van der Waals surface area contributed by atoms with Crippen LogP contribution in [-0.4, -0.2) is 25.9 Å². The number of anilines is 1. The lowest BCUT2D eigenvalue weighted by Crippen LogP contribution is -2.14. The molecule has 0 saturated heterocycles. The van der Waals surface area contributed by atoms with E-state index in [0.717, 1.165) is 5.56 Å². The van der Waals surface area contributed by atoms with Crippen molar-refractivity contribution >= 4 is 62.5 Å². The summed E-state index contributed by atoms with van der Waals surface area (Å²) in [5.41, 5.74) is 1.11. The van der Waals surface area contributed by atoms with Crippen LogP contribution in [-0.2, 0) is 6.54 Å². The molecule has 0 unspecified atom stereocenters. The normalized spacial score (nSPS) is 10.8. The van der Waals surface area contributed by atoms with Crippen molar-refractivity contribution in [2.24, 2.45) is 0 Å². The molecule has 6 nitrogen and oxygen atoms in total. The molecule has 0 saturated carbocycles. The predicted octanol–water partition coefficient (Wildman–Crippen LogP) is 4.63. The van der Waals surface area contributed by atoms with Gasteiger partial charge in [0.05, 0.1) is 17.2 Å². The number of amides is 1. The Morgan fingerprint density at radius 2 is 2.08 bits per heavy atom. The average Bonchev–Trinajstić information content (AvgIpc) is 3.08. The van der Waals surface area contributed by atoms with Crippen LogP contribution in [0.3, 0.4) is 0 Å². The van der Waals surface area contributed by atoms with Gasteiger partial charge in [0.1, 0.15) is 10.7 Å². The predicted molar refractivity (Wildman–Crippen MR) is 97.0 cm³/mol. The van der Waals surface area contributed by atoms with E-state index in [4.69, 9.17) is 34.8 Å². The van der Waals surface area contributed by atoms with Crippen molar-refractivity contribution in [3.8, 4) is 0 Å². The summed E-state index contributed by atoms with van der Waals surface area (Å²) >= 11 is 21.4. The van der Waals surface area contributed by atoms with Gasteiger partial charge >= 0.3 is 0 Å². The number of rotatable bonds is 4. The lowest BCUT2D eigenvalue weighted by atomic mass is 10.2. The standard InChI is InChI=1S/C14H9BrCl3N5O/c15-9-4-19-21-12(9)14(24)20-13-11(18)6-23(22-13)5-7-1-2-8(16)3-10(7)17/h1-4,6H,5H2,(H,19,21)(H,20,22,24). The molecule has 1 amide bonds. The maximum absolute atomic E-state index is 12.2. The minimum Gasteiger partial charge on any atom is -0.302 e. The minimum absolute atomic E-state index is 0.244. The maximum Gasteiger partial charge on any atom is 0.276 e. The number of benzene rings is 1. The van der Waals surface area contributed by atoms with Gasteiger partial charge in [-0.1, -0.05) is 40.9 Å². The van der Waals surface area contributed by atoms with Gasteiger partial charge in [0.2, 0.25) is 0 Å². The number of hydrogen-bond acceptors (Lipinski definition) is 3. The maximum atomic E-state index is 12.2. The number of aromatic amines is 1. The van der Waals surface area contributed by atoms with E-state index in [9.17, 15) is 4.79 Å². The summed E-state index contributed by atoms with van der Waals surface area (Å²) in [6.07, 6.45) is 3.09. The molecule has 124 valence electrons. The zero-order valence-corrected chi connectivity index (χ0v) is 15.7. The van der Waals surface area contributed by atoms with Gasteiger partial charge in [0.25, 0.3) is 5.91 Å². The van der Waals surface area contributed by atoms with Gasteiger partial charge in [-0.3, -0.25) is 14.6 Å². The first-order chi connectivity index (χ1) is 11.4. The Kier molecular flexibility index (Phi) is 5.15. The highest BCUT2D eigenvalue weighted by molar-refractivity contribution is 9.10. The summed E-state index contributed by atoms with van der Waals surface area (Å²) in [5, 5.41) is 14.6. The molecule has 24 heavy (non-hydrogen) atoms. The van der Waals surface area contributed by atoms with Gasteiger partial charge < -0.3 is 5.32 Å². The van der Waals surface area contributed by atoms with Crippen molar-refractivity contribution in [3.05, 3.63) is 61.4 Å². The fourth-order valence-corrected chi connectivity index (χ4v) is 3.02. The van der Waals surface area contributed by atoms with E-state index < -0.39 is 5.91 Å². The van der Waals surface area contributed by atoms with Crippen LogP contribution in [0.2, 0.25) is 15.1 Å². The molecule has 3 aromatic rings. The third kappa shape index (κ3) is 3.75. The van der Waals surface area contributed by atoms with E-state index in [0.29, 0.717) is 26.1 Å². The van der Waals surface area contributed by atoms with Gasteiger partial charge in [-0.05, 0) is 33.6 Å². The minimum atomic E-state index is -0.406. The van der Waals surface area contributed by atoms with E-state index in [2.05, 4.69) is 36.5 Å². The second kappa shape index (κ2) is 7.14. The molecule has 0 radical (unpaired) electrons. The van der Waals surface area contributed by atoms with Gasteiger partial charge in [0, 0.05) is 16.2 Å². The van der Waals surface area contributed by atoms with Crippen LogP contribution in [0.5, 0.6) is 0 Å². The highest BCUT2D eigenvalue weighted by Crippen LogP contribution is 2.25. The Hall–Kier alpha value is -1.54. The first-order valence-corrected chi connectivity index (χ1v) is 8.54. The van der Waals surface area contributed by atoms with Crippen LogP contribution in [0.1, 0.15) is 16.1 Å². The number of aromatic nitrogens is 4. The second-order valence-corrected chi connectivity index (χ2v) is 6.91. The molecule has 1 aromatic carbocycles. The topological polar surface area (TPSA) is 75.6 Å². The van der Waals surface area contributed by atoms with Crippen molar-refractivity contribution in [2.45, 2.75) is 6.54 Å². The molecule has 0 bridgehead atoms. The Morgan fingerprint density at radius 3 is 2.75 bits per heavy atom. The lowest BCUT2D eigenvalue weighted by molar-refractivity contribution is 0.102. The van der Waals surface area contributed by atoms with Crippen LogP contribution in [0.25, 0.3) is 0 Å². The Morgan fingerprint density at radius 1 is 1.29 bits per heavy atom. The van der Waals surface area contributed by atoms with E-state index >= 15 is 0 Å². The zero-order chi connectivity index (χ0) is 17.3. The molecule has 0 aliphatic rings. The van der Waals surface area contributed by atoms with Crippen molar-refractivity contribution in [1.29, 1.82) is 0 Å². The Bertz CT molecular complexity index is 908. The first kappa shape index (κ1) is 17.3. The molecular formula is C14H9BrCl3N5O. The summed E-state index contributed by atoms with van der Waals surface area (Å²) in [5.74, 6) is -0.163. The van der Waals surface area contributed by atoms with Gasteiger partial charge in [-0.2, -0.15) is 10.2 Å². The fraction of sp³-hybridized carbons (Fsp3) is 0.0714. The number of nitrogens with one attached hydrogen (secondary N) is 2. The molecule has 0 aliphatic heterocycles. The first-order valence-electron chi connectivity index (χ1n) is 6.61. The van der Waals surface area contributed by atoms with E-state index in [1.807, 2.05) is 0 Å². The van der Waals surface area contributed by atoms with Crippen LogP contribution in [0.4, 0.5) is 5.82 Å². The summed E-state index contributed by atoms with van der Waals surface area (Å²) in [7, 11) is 0. The highest BCUT2D eigenvalue weighted by atomic mass is 79.9. The third-order valence-corrected chi connectivity index (χ3v) is 4.58. The van der Waals surface area contributed by atoms with Crippen LogP contribution < -0.4 is 5.32 Å². The molecule has 2 N–H and O–H groups in total. The lowest BCUT2D eigenvalue weighted by Gasteiger charge is -2.05. The van der Waals surface area contributed by atoms with E-state index in [1.54, 1.807) is 29.1 Å². The largest absolute Gasteiger partial charge is 0.302 e. The summed E-state index contributed by atoms with van der Waals surface area (Å²) in [6, 6.07) is 5.20. The number of halogens is 4. The smallest absolute Gasteiger partial charge is 0.276 e. The Labute approximate surface area is 160 Å². The number of hydrogen-bond donors (Lipinski definition) is 2. The van der Waals surface area contributed by atoms with Crippen LogP contribution >= 0.6 is 50.7 Å². The summed E-state index contributed by atoms with van der Waals surface area (Å²) < 4.78 is 2.12. The van der Waals surface area contributed by atoms with Gasteiger partial charge in [-0.15, -0.1) is 0 Å². The van der Waals surface area contributed by atoms with Gasteiger partial charge in [-0.25, -0.2) is 0 Å². The van der Waals surface area contributed by atoms with Crippen molar-refractivity contribution in [1.82, 2.24) is 20.0 Å². The van der Waals surface area contributed by atoms with Crippen molar-refractivity contribution in [2.75, 3.05) is 5.32 Å². The van der Waals surface area contributed by atoms with E-state index in [1.165, 1.54) is 6.20 Å². The van der Waals surface area contributed by atoms with Crippen LogP contribution in [0.15, 0.2) is 35.1 Å². The molecule has 0 atom stereocenters. The average molecular weight is 450 g/mol. The summed E-state index contributed by atoms with van der Waals surface area (Å²) in [6.45, 7) is 0.388. The molecule has 0 fully saturated rings.